The smallest absolute Gasteiger partial charge is 0.254 e. The fourth-order valence-electron chi connectivity index (χ4n) is 3.09. The van der Waals surface area contributed by atoms with Crippen LogP contribution in [0.1, 0.15) is 22.8 Å². The maximum Gasteiger partial charge on any atom is 0.254 e. The van der Waals surface area contributed by atoms with Crippen molar-refractivity contribution in [3.8, 4) is 11.5 Å². The molecule has 134 valence electrons. The van der Waals surface area contributed by atoms with E-state index < -0.39 is 0 Å². The van der Waals surface area contributed by atoms with Crippen molar-refractivity contribution in [1.29, 1.82) is 0 Å². The van der Waals surface area contributed by atoms with E-state index in [1.807, 2.05) is 24.3 Å². The number of benzene rings is 2. The number of carbonyl (C=O) groups excluding carboxylic acids is 2. The third-order valence-corrected chi connectivity index (χ3v) is 4.79. The number of hydrogen-bond acceptors (Lipinski definition) is 4. The Balaban J connectivity index is 1.32. The molecule has 2 aromatic rings. The standard InChI is InChI=1S/C20H20N2O4/c1-2-13-3-6-16(7-4-13)21-19(23)15-10-22(11-15)20(24)14-5-8-17-18(9-14)26-12-25-17/h3-9,15H,2,10-12H2,1H3,(H,21,23). The summed E-state index contributed by atoms with van der Waals surface area (Å²) in [5.41, 5.74) is 2.56. The van der Waals surface area contributed by atoms with Crippen LogP contribution in [0.5, 0.6) is 11.5 Å². The van der Waals surface area contributed by atoms with Gasteiger partial charge in [-0.2, -0.15) is 0 Å². The summed E-state index contributed by atoms with van der Waals surface area (Å²) in [6, 6.07) is 13.0. The fourth-order valence-corrected chi connectivity index (χ4v) is 3.09. The van der Waals surface area contributed by atoms with Gasteiger partial charge >= 0.3 is 0 Å². The zero-order valence-electron chi connectivity index (χ0n) is 14.5. The van der Waals surface area contributed by atoms with Gasteiger partial charge in [-0.3, -0.25) is 9.59 Å². The normalized spacial score (nSPS) is 15.5. The van der Waals surface area contributed by atoms with Gasteiger partial charge in [0.1, 0.15) is 0 Å². The topological polar surface area (TPSA) is 67.9 Å². The van der Waals surface area contributed by atoms with Crippen molar-refractivity contribution in [3.05, 3.63) is 53.6 Å². The van der Waals surface area contributed by atoms with E-state index in [4.69, 9.17) is 9.47 Å². The maximum atomic E-state index is 12.5. The number of nitrogens with one attached hydrogen (secondary N) is 1. The van der Waals surface area contributed by atoms with E-state index in [2.05, 4.69) is 12.2 Å². The number of hydrogen-bond donors (Lipinski definition) is 1. The molecule has 6 nitrogen and oxygen atoms in total. The van der Waals surface area contributed by atoms with Crippen molar-refractivity contribution < 1.29 is 19.1 Å². The zero-order valence-corrected chi connectivity index (χ0v) is 14.5. The minimum atomic E-state index is -0.182. The summed E-state index contributed by atoms with van der Waals surface area (Å²) in [6.07, 6.45) is 0.966. The SMILES string of the molecule is CCc1ccc(NC(=O)C2CN(C(=O)c3ccc4c(c3)OCO4)C2)cc1. The van der Waals surface area contributed by atoms with E-state index in [1.54, 1.807) is 23.1 Å². The third-order valence-electron chi connectivity index (χ3n) is 4.79. The van der Waals surface area contributed by atoms with Crippen molar-refractivity contribution in [2.45, 2.75) is 13.3 Å². The van der Waals surface area contributed by atoms with Gasteiger partial charge in [0.15, 0.2) is 11.5 Å². The predicted molar refractivity (Wildman–Crippen MR) is 96.4 cm³/mol. The second-order valence-electron chi connectivity index (χ2n) is 6.51. The number of likely N-dealkylation sites (tertiary alicyclic amines) is 1. The number of rotatable bonds is 4. The van der Waals surface area contributed by atoms with Crippen LogP contribution in [0.15, 0.2) is 42.5 Å². The minimum Gasteiger partial charge on any atom is -0.454 e. The largest absolute Gasteiger partial charge is 0.454 e. The Morgan fingerprint density at radius 2 is 1.81 bits per heavy atom. The first-order chi connectivity index (χ1) is 12.6. The minimum absolute atomic E-state index is 0.0519. The molecule has 26 heavy (non-hydrogen) atoms. The summed E-state index contributed by atoms with van der Waals surface area (Å²) in [7, 11) is 0. The Kier molecular flexibility index (Phi) is 4.24. The first kappa shape index (κ1) is 16.4. The summed E-state index contributed by atoms with van der Waals surface area (Å²) >= 11 is 0. The molecular formula is C20H20N2O4. The lowest BCUT2D eigenvalue weighted by Crippen LogP contribution is -2.54. The lowest BCUT2D eigenvalue weighted by atomic mass is 9.97. The quantitative estimate of drug-likeness (QED) is 0.919. The molecule has 0 atom stereocenters. The summed E-state index contributed by atoms with van der Waals surface area (Å²) in [6.45, 7) is 3.12. The van der Waals surface area contributed by atoms with Crippen molar-refractivity contribution >= 4 is 17.5 Å². The van der Waals surface area contributed by atoms with Gasteiger partial charge in [-0.1, -0.05) is 19.1 Å². The van der Waals surface area contributed by atoms with Gasteiger partial charge in [-0.05, 0) is 42.3 Å². The number of aryl methyl sites for hydroxylation is 1. The zero-order chi connectivity index (χ0) is 18.1. The fraction of sp³-hybridized carbons (Fsp3) is 0.300. The van der Waals surface area contributed by atoms with E-state index >= 15 is 0 Å². The van der Waals surface area contributed by atoms with Gasteiger partial charge in [0.2, 0.25) is 12.7 Å². The number of nitrogens with zero attached hydrogens (tertiary/aromatic N) is 1. The van der Waals surface area contributed by atoms with Crippen molar-refractivity contribution in [3.63, 3.8) is 0 Å². The van der Waals surface area contributed by atoms with E-state index in [-0.39, 0.29) is 24.5 Å². The molecule has 2 aliphatic rings. The van der Waals surface area contributed by atoms with E-state index in [0.29, 0.717) is 30.2 Å². The van der Waals surface area contributed by atoms with Crippen LogP contribution in [0.3, 0.4) is 0 Å². The van der Waals surface area contributed by atoms with Gasteiger partial charge in [0.25, 0.3) is 5.91 Å². The monoisotopic (exact) mass is 352 g/mol. The lowest BCUT2D eigenvalue weighted by Gasteiger charge is -2.38. The van der Waals surface area contributed by atoms with Crippen LogP contribution < -0.4 is 14.8 Å². The van der Waals surface area contributed by atoms with Crippen LogP contribution in [0, 0.1) is 5.92 Å². The Hall–Kier alpha value is -3.02. The van der Waals surface area contributed by atoms with Crippen molar-refractivity contribution in [2.24, 2.45) is 5.92 Å². The number of amides is 2. The van der Waals surface area contributed by atoms with Crippen LogP contribution in [0.2, 0.25) is 0 Å². The average Bonchev–Trinajstić information content (AvgIpc) is 3.08. The Morgan fingerprint density at radius 3 is 2.54 bits per heavy atom. The second-order valence-corrected chi connectivity index (χ2v) is 6.51. The van der Waals surface area contributed by atoms with Gasteiger partial charge in [-0.25, -0.2) is 0 Å². The van der Waals surface area contributed by atoms with Gasteiger partial charge in [-0.15, -0.1) is 0 Å². The molecule has 0 aromatic heterocycles. The summed E-state index contributed by atoms with van der Waals surface area (Å²) in [5.74, 6) is 0.903. The van der Waals surface area contributed by atoms with E-state index in [9.17, 15) is 9.59 Å². The van der Waals surface area contributed by atoms with Crippen molar-refractivity contribution in [1.82, 2.24) is 4.90 Å². The van der Waals surface area contributed by atoms with Crippen LogP contribution in [0.4, 0.5) is 5.69 Å². The van der Waals surface area contributed by atoms with Crippen LogP contribution >= 0.6 is 0 Å². The highest BCUT2D eigenvalue weighted by Crippen LogP contribution is 2.33. The van der Waals surface area contributed by atoms with Gasteiger partial charge in [0, 0.05) is 24.3 Å². The molecule has 2 amide bonds. The molecule has 2 heterocycles. The maximum absolute atomic E-state index is 12.5. The summed E-state index contributed by atoms with van der Waals surface area (Å²) in [4.78, 5) is 26.5. The number of anilines is 1. The molecule has 6 heteroatoms. The Labute approximate surface area is 151 Å². The molecule has 0 saturated carbocycles. The van der Waals surface area contributed by atoms with Gasteiger partial charge < -0.3 is 19.7 Å². The number of carbonyl (C=O) groups is 2. The molecule has 0 unspecified atom stereocenters. The Morgan fingerprint density at radius 1 is 1.08 bits per heavy atom. The molecule has 2 aromatic carbocycles. The van der Waals surface area contributed by atoms with E-state index in [1.165, 1.54) is 5.56 Å². The number of ether oxygens (including phenoxy) is 2. The highest BCUT2D eigenvalue weighted by molar-refractivity contribution is 5.99. The molecule has 4 rings (SSSR count). The van der Waals surface area contributed by atoms with E-state index in [0.717, 1.165) is 12.1 Å². The molecular weight excluding hydrogens is 332 g/mol. The summed E-state index contributed by atoms with van der Waals surface area (Å²) < 4.78 is 10.6. The molecule has 1 saturated heterocycles. The summed E-state index contributed by atoms with van der Waals surface area (Å²) in [5, 5.41) is 2.91. The molecule has 0 bridgehead atoms. The van der Waals surface area contributed by atoms with Crippen LogP contribution in [-0.2, 0) is 11.2 Å². The highest BCUT2D eigenvalue weighted by atomic mass is 16.7. The predicted octanol–water partition coefficient (Wildman–Crippen LogP) is 2.69. The molecule has 0 aliphatic carbocycles. The highest BCUT2D eigenvalue weighted by Gasteiger charge is 2.36. The average molecular weight is 352 g/mol. The first-order valence-electron chi connectivity index (χ1n) is 8.73. The number of fused-ring (bicyclic) bond motifs is 1. The lowest BCUT2D eigenvalue weighted by molar-refractivity contribution is -0.123. The molecule has 1 fully saturated rings. The van der Waals surface area contributed by atoms with Crippen molar-refractivity contribution in [2.75, 3.05) is 25.2 Å². The van der Waals surface area contributed by atoms with Crippen LogP contribution in [-0.4, -0.2) is 36.6 Å². The molecule has 2 aliphatic heterocycles. The molecule has 0 radical (unpaired) electrons. The molecule has 1 N–H and O–H groups in total. The Bertz CT molecular complexity index is 841. The first-order valence-corrected chi connectivity index (χ1v) is 8.73. The second kappa shape index (κ2) is 6.71. The molecule has 0 spiro atoms. The van der Waals surface area contributed by atoms with Gasteiger partial charge in [0.05, 0.1) is 5.92 Å². The third kappa shape index (κ3) is 3.10. The van der Waals surface area contributed by atoms with Crippen LogP contribution in [0.25, 0.3) is 0 Å².